The van der Waals surface area contributed by atoms with E-state index in [4.69, 9.17) is 0 Å². The summed E-state index contributed by atoms with van der Waals surface area (Å²) in [5.41, 5.74) is 4.46. The van der Waals surface area contributed by atoms with Crippen LogP contribution >= 0.6 is 0 Å². The molecule has 1 unspecified atom stereocenters. The van der Waals surface area contributed by atoms with Crippen molar-refractivity contribution in [2.75, 3.05) is 24.5 Å². The number of tetrazole rings is 1. The van der Waals surface area contributed by atoms with Crippen molar-refractivity contribution in [1.29, 1.82) is 0 Å². The van der Waals surface area contributed by atoms with Gasteiger partial charge in [-0.15, -0.1) is 14.8 Å². The van der Waals surface area contributed by atoms with Crippen molar-refractivity contribution in [1.82, 2.24) is 30.2 Å². The van der Waals surface area contributed by atoms with Gasteiger partial charge in [-0.3, -0.25) is 4.79 Å². The number of hydrogen-bond acceptors (Lipinski definition) is 6. The minimum Gasteiger partial charge on any atom is -0.355 e. The highest BCUT2D eigenvalue weighted by Crippen LogP contribution is 2.35. The van der Waals surface area contributed by atoms with E-state index in [0.717, 1.165) is 51.1 Å². The lowest BCUT2D eigenvalue weighted by Gasteiger charge is -2.35. The van der Waals surface area contributed by atoms with E-state index in [0.29, 0.717) is 11.6 Å². The summed E-state index contributed by atoms with van der Waals surface area (Å²) in [6.07, 6.45) is 3.84. The van der Waals surface area contributed by atoms with Crippen LogP contribution in [0.25, 0.3) is 5.65 Å². The average molecular weight is 406 g/mol. The molecule has 8 heteroatoms. The summed E-state index contributed by atoms with van der Waals surface area (Å²) in [6.45, 7) is 6.77. The predicted octanol–water partition coefficient (Wildman–Crippen LogP) is 2.72. The minimum absolute atomic E-state index is 0.0875. The van der Waals surface area contributed by atoms with Gasteiger partial charge in [0.05, 0.1) is 6.04 Å². The molecule has 2 fully saturated rings. The number of likely N-dealkylation sites (tertiary alicyclic amines) is 1. The highest BCUT2D eigenvalue weighted by Gasteiger charge is 2.35. The van der Waals surface area contributed by atoms with E-state index in [9.17, 15) is 4.79 Å². The summed E-state index contributed by atoms with van der Waals surface area (Å²) >= 11 is 0. The van der Waals surface area contributed by atoms with Crippen LogP contribution in [0.5, 0.6) is 0 Å². The molecule has 156 valence electrons. The molecule has 2 saturated heterocycles. The number of fused-ring (bicyclic) bond motifs is 1. The quantitative estimate of drug-likeness (QED) is 0.667. The van der Waals surface area contributed by atoms with Crippen LogP contribution in [-0.2, 0) is 4.79 Å². The van der Waals surface area contributed by atoms with E-state index in [-0.39, 0.29) is 12.0 Å². The molecule has 0 N–H and O–H groups in total. The van der Waals surface area contributed by atoms with Crippen LogP contribution in [0.2, 0.25) is 0 Å². The third-order valence-corrected chi connectivity index (χ3v) is 6.39. The molecule has 0 radical (unpaired) electrons. The second-order valence-electron chi connectivity index (χ2n) is 8.59. The van der Waals surface area contributed by atoms with Gasteiger partial charge in [-0.05, 0) is 67.7 Å². The largest absolute Gasteiger partial charge is 0.355 e. The number of carbonyl (C=O) groups is 1. The molecule has 4 heterocycles. The third kappa shape index (κ3) is 3.51. The lowest BCUT2D eigenvalue weighted by molar-refractivity contribution is -0.137. The predicted molar refractivity (Wildman–Crippen MR) is 113 cm³/mol. The van der Waals surface area contributed by atoms with E-state index in [1.54, 1.807) is 0 Å². The molecule has 0 spiro atoms. The van der Waals surface area contributed by atoms with Crippen LogP contribution in [0.1, 0.15) is 48.4 Å². The van der Waals surface area contributed by atoms with Gasteiger partial charge in [0.25, 0.3) is 0 Å². The first-order valence-corrected chi connectivity index (χ1v) is 10.8. The molecule has 2 aliphatic rings. The van der Waals surface area contributed by atoms with Crippen LogP contribution in [0.15, 0.2) is 30.3 Å². The van der Waals surface area contributed by atoms with Crippen molar-refractivity contribution in [2.45, 2.75) is 45.6 Å². The van der Waals surface area contributed by atoms with E-state index >= 15 is 0 Å². The molecule has 2 aromatic heterocycles. The zero-order valence-corrected chi connectivity index (χ0v) is 17.5. The Bertz CT molecular complexity index is 1050. The molecule has 3 aromatic rings. The van der Waals surface area contributed by atoms with Gasteiger partial charge >= 0.3 is 0 Å². The fraction of sp³-hybridized carbons (Fsp3) is 0.500. The van der Waals surface area contributed by atoms with Crippen molar-refractivity contribution < 1.29 is 4.79 Å². The SMILES string of the molecule is Cc1cc(C)cc(C2CCCN2C(=O)C2CCN(c3ccc4nnnn4n3)CC2)c1. The lowest BCUT2D eigenvalue weighted by atomic mass is 9.93. The molecule has 1 atom stereocenters. The molecule has 8 nitrogen and oxygen atoms in total. The summed E-state index contributed by atoms with van der Waals surface area (Å²) in [7, 11) is 0. The van der Waals surface area contributed by atoms with E-state index in [2.05, 4.69) is 62.5 Å². The normalized spacial score (nSPS) is 20.3. The molecule has 5 rings (SSSR count). The van der Waals surface area contributed by atoms with Crippen molar-refractivity contribution in [3.63, 3.8) is 0 Å². The summed E-state index contributed by atoms with van der Waals surface area (Å²) in [5.74, 6) is 1.26. The van der Waals surface area contributed by atoms with Crippen molar-refractivity contribution in [3.05, 3.63) is 47.0 Å². The Balaban J connectivity index is 1.26. The van der Waals surface area contributed by atoms with Gasteiger partial charge in [-0.25, -0.2) is 0 Å². The second kappa shape index (κ2) is 7.66. The summed E-state index contributed by atoms with van der Waals surface area (Å²) in [5, 5.41) is 15.9. The fourth-order valence-corrected chi connectivity index (χ4v) is 4.98. The Hall–Kier alpha value is -3.03. The van der Waals surface area contributed by atoms with Gasteiger partial charge in [0, 0.05) is 25.6 Å². The van der Waals surface area contributed by atoms with Gasteiger partial charge in [-0.2, -0.15) is 0 Å². The zero-order valence-electron chi connectivity index (χ0n) is 17.5. The number of aromatic nitrogens is 5. The summed E-state index contributed by atoms with van der Waals surface area (Å²) in [6, 6.07) is 10.7. The van der Waals surface area contributed by atoms with Gasteiger partial charge in [-0.1, -0.05) is 29.3 Å². The Morgan fingerprint density at radius 1 is 1.00 bits per heavy atom. The number of hydrogen-bond donors (Lipinski definition) is 0. The van der Waals surface area contributed by atoms with Crippen LogP contribution < -0.4 is 4.90 Å². The fourth-order valence-electron chi connectivity index (χ4n) is 4.98. The smallest absolute Gasteiger partial charge is 0.226 e. The number of amides is 1. The second-order valence-corrected chi connectivity index (χ2v) is 8.59. The Kier molecular flexibility index (Phi) is 4.84. The molecule has 0 saturated carbocycles. The van der Waals surface area contributed by atoms with Crippen molar-refractivity contribution >= 4 is 17.4 Å². The molecule has 0 aliphatic carbocycles. The van der Waals surface area contributed by atoms with Crippen LogP contribution in [0.4, 0.5) is 5.82 Å². The molecule has 30 heavy (non-hydrogen) atoms. The van der Waals surface area contributed by atoms with Gasteiger partial charge < -0.3 is 9.80 Å². The molecular weight excluding hydrogens is 378 g/mol. The van der Waals surface area contributed by atoms with E-state index < -0.39 is 0 Å². The number of anilines is 1. The van der Waals surface area contributed by atoms with Gasteiger partial charge in [0.2, 0.25) is 5.91 Å². The number of piperidine rings is 1. The number of carbonyl (C=O) groups excluding carboxylic acids is 1. The summed E-state index contributed by atoms with van der Waals surface area (Å²) in [4.78, 5) is 17.8. The maximum absolute atomic E-state index is 13.4. The number of benzene rings is 1. The lowest BCUT2D eigenvalue weighted by Crippen LogP contribution is -2.42. The molecular formula is C22H27N7O. The molecule has 1 amide bonds. The number of nitrogens with zero attached hydrogens (tertiary/aromatic N) is 7. The van der Waals surface area contributed by atoms with E-state index in [1.807, 2.05) is 12.1 Å². The monoisotopic (exact) mass is 405 g/mol. The summed E-state index contributed by atoms with van der Waals surface area (Å²) < 4.78 is 1.45. The first kappa shape index (κ1) is 19.0. The number of aryl methyl sites for hydroxylation is 2. The maximum atomic E-state index is 13.4. The van der Waals surface area contributed by atoms with Crippen LogP contribution in [0.3, 0.4) is 0 Å². The van der Waals surface area contributed by atoms with Gasteiger partial charge in [0.1, 0.15) is 0 Å². The maximum Gasteiger partial charge on any atom is 0.226 e. The van der Waals surface area contributed by atoms with Crippen LogP contribution in [-0.4, -0.2) is 55.7 Å². The first-order chi connectivity index (χ1) is 14.6. The average Bonchev–Trinajstić information content (AvgIpc) is 3.41. The Labute approximate surface area is 175 Å². The molecule has 2 aliphatic heterocycles. The van der Waals surface area contributed by atoms with Gasteiger partial charge in [0.15, 0.2) is 11.5 Å². The van der Waals surface area contributed by atoms with Crippen molar-refractivity contribution in [2.24, 2.45) is 5.92 Å². The standard InChI is InChI=1S/C22H27N7O/c1-15-12-16(2)14-18(13-15)19-4-3-9-28(19)22(30)17-7-10-27(11-8-17)21-6-5-20-23-25-26-29(20)24-21/h5-6,12-14,17,19H,3-4,7-11H2,1-2H3. The highest BCUT2D eigenvalue weighted by molar-refractivity contribution is 5.80. The Morgan fingerprint density at radius 3 is 2.53 bits per heavy atom. The Morgan fingerprint density at radius 2 is 1.77 bits per heavy atom. The molecule has 0 bridgehead atoms. The van der Waals surface area contributed by atoms with Crippen molar-refractivity contribution in [3.8, 4) is 0 Å². The topological polar surface area (TPSA) is 79.5 Å². The number of rotatable bonds is 3. The zero-order chi connectivity index (χ0) is 20.7. The first-order valence-electron chi connectivity index (χ1n) is 10.8. The molecule has 1 aromatic carbocycles. The highest BCUT2D eigenvalue weighted by atomic mass is 16.2. The minimum atomic E-state index is 0.0875. The third-order valence-electron chi connectivity index (χ3n) is 6.39. The van der Waals surface area contributed by atoms with E-state index in [1.165, 1.54) is 21.3 Å². The van der Waals surface area contributed by atoms with Crippen LogP contribution in [0, 0.1) is 19.8 Å².